The van der Waals surface area contributed by atoms with Crippen LogP contribution in [0.15, 0.2) is 40.9 Å². The van der Waals surface area contributed by atoms with Crippen LogP contribution in [-0.4, -0.2) is 23.0 Å². The summed E-state index contributed by atoms with van der Waals surface area (Å²) in [6.45, 7) is 4.30. The van der Waals surface area contributed by atoms with Gasteiger partial charge in [-0.3, -0.25) is 4.79 Å². The van der Waals surface area contributed by atoms with E-state index < -0.39 is 0 Å². The van der Waals surface area contributed by atoms with Gasteiger partial charge in [0.15, 0.2) is 0 Å². The van der Waals surface area contributed by atoms with Gasteiger partial charge in [-0.15, -0.1) is 0 Å². The quantitative estimate of drug-likeness (QED) is 0.802. The topological polar surface area (TPSA) is 46.3 Å². The summed E-state index contributed by atoms with van der Waals surface area (Å²) in [6.07, 6.45) is 3.38. The van der Waals surface area contributed by atoms with Crippen LogP contribution in [0.2, 0.25) is 0 Å². The summed E-state index contributed by atoms with van der Waals surface area (Å²) in [4.78, 5) is 13.6. The lowest BCUT2D eigenvalue weighted by molar-refractivity contribution is -0.125. The monoisotopic (exact) mass is 270 g/mol. The molecule has 0 unspecified atom stereocenters. The molecule has 104 valence electrons. The number of likely N-dealkylation sites (N-methyl/N-ethyl adjacent to an activating group) is 1. The summed E-state index contributed by atoms with van der Waals surface area (Å²) in [7, 11) is 1.74. The maximum absolute atomic E-state index is 12.0. The van der Waals surface area contributed by atoms with Gasteiger partial charge in [-0.05, 0) is 25.5 Å². The SMILES string of the molecule is Cc1ccc(C=CC(=O)N(C)Cc2cc(C)on2)cc1. The van der Waals surface area contributed by atoms with Crippen LogP contribution < -0.4 is 0 Å². The van der Waals surface area contributed by atoms with E-state index in [-0.39, 0.29) is 5.91 Å². The van der Waals surface area contributed by atoms with Crippen molar-refractivity contribution in [2.45, 2.75) is 20.4 Å². The van der Waals surface area contributed by atoms with Crippen LogP contribution in [0, 0.1) is 13.8 Å². The first kappa shape index (κ1) is 14.1. The number of amides is 1. The van der Waals surface area contributed by atoms with Crippen molar-refractivity contribution in [1.82, 2.24) is 10.1 Å². The number of hydrogen-bond acceptors (Lipinski definition) is 3. The van der Waals surface area contributed by atoms with Gasteiger partial charge in [-0.2, -0.15) is 0 Å². The third-order valence-electron chi connectivity index (χ3n) is 2.95. The first-order chi connectivity index (χ1) is 9.54. The molecule has 4 nitrogen and oxygen atoms in total. The zero-order valence-corrected chi connectivity index (χ0v) is 12.0. The van der Waals surface area contributed by atoms with Gasteiger partial charge in [0.1, 0.15) is 11.5 Å². The normalized spacial score (nSPS) is 10.9. The van der Waals surface area contributed by atoms with Crippen LogP contribution in [0.5, 0.6) is 0 Å². The van der Waals surface area contributed by atoms with E-state index in [1.165, 1.54) is 5.56 Å². The van der Waals surface area contributed by atoms with Gasteiger partial charge in [0.25, 0.3) is 0 Å². The van der Waals surface area contributed by atoms with Crippen LogP contribution in [0.1, 0.15) is 22.6 Å². The minimum absolute atomic E-state index is 0.0637. The van der Waals surface area contributed by atoms with Crippen LogP contribution in [0.3, 0.4) is 0 Å². The zero-order chi connectivity index (χ0) is 14.5. The van der Waals surface area contributed by atoms with Gasteiger partial charge in [0.05, 0.1) is 6.54 Å². The molecule has 20 heavy (non-hydrogen) atoms. The lowest BCUT2D eigenvalue weighted by Gasteiger charge is -2.12. The molecule has 0 fully saturated rings. The number of carbonyl (C=O) groups excluding carboxylic acids is 1. The van der Waals surface area contributed by atoms with Crippen molar-refractivity contribution in [2.75, 3.05) is 7.05 Å². The van der Waals surface area contributed by atoms with Gasteiger partial charge in [0, 0.05) is 19.2 Å². The van der Waals surface area contributed by atoms with Crippen molar-refractivity contribution in [3.05, 3.63) is 59.0 Å². The van der Waals surface area contributed by atoms with Crippen molar-refractivity contribution < 1.29 is 9.32 Å². The van der Waals surface area contributed by atoms with Gasteiger partial charge in [-0.1, -0.05) is 35.0 Å². The third-order valence-corrected chi connectivity index (χ3v) is 2.95. The molecule has 2 rings (SSSR count). The molecule has 0 bridgehead atoms. The summed E-state index contributed by atoms with van der Waals surface area (Å²) in [6, 6.07) is 9.84. The highest BCUT2D eigenvalue weighted by Gasteiger charge is 2.08. The Balaban J connectivity index is 1.95. The van der Waals surface area contributed by atoms with Crippen molar-refractivity contribution >= 4 is 12.0 Å². The molecular weight excluding hydrogens is 252 g/mol. The van der Waals surface area contributed by atoms with Crippen molar-refractivity contribution in [1.29, 1.82) is 0 Å². The van der Waals surface area contributed by atoms with Crippen LogP contribution in [0.25, 0.3) is 6.08 Å². The molecule has 0 aliphatic rings. The van der Waals surface area contributed by atoms with Gasteiger partial charge < -0.3 is 9.42 Å². The first-order valence-electron chi connectivity index (χ1n) is 6.46. The van der Waals surface area contributed by atoms with E-state index in [1.54, 1.807) is 18.0 Å². The predicted octanol–water partition coefficient (Wildman–Crippen LogP) is 2.96. The summed E-state index contributed by atoms with van der Waals surface area (Å²) in [5.74, 6) is 0.683. The maximum Gasteiger partial charge on any atom is 0.246 e. The lowest BCUT2D eigenvalue weighted by Crippen LogP contribution is -2.24. The molecule has 0 radical (unpaired) electrons. The molecule has 2 aromatic rings. The molecule has 0 spiro atoms. The summed E-state index contributed by atoms with van der Waals surface area (Å²) in [5.41, 5.74) is 2.96. The van der Waals surface area contributed by atoms with Crippen LogP contribution in [0.4, 0.5) is 0 Å². The van der Waals surface area contributed by atoms with E-state index in [1.807, 2.05) is 50.3 Å². The Bertz CT molecular complexity index is 612. The van der Waals surface area contributed by atoms with E-state index in [0.29, 0.717) is 6.54 Å². The second-order valence-electron chi connectivity index (χ2n) is 4.87. The predicted molar refractivity (Wildman–Crippen MR) is 77.9 cm³/mol. The molecule has 0 aliphatic heterocycles. The second-order valence-corrected chi connectivity index (χ2v) is 4.87. The molecule has 1 aromatic heterocycles. The minimum Gasteiger partial charge on any atom is -0.361 e. The van der Waals surface area contributed by atoms with Crippen molar-refractivity contribution in [2.24, 2.45) is 0 Å². The Morgan fingerprint density at radius 3 is 2.60 bits per heavy atom. The molecule has 0 atom stereocenters. The molecule has 1 aromatic carbocycles. The van der Waals surface area contributed by atoms with Crippen molar-refractivity contribution in [3.8, 4) is 0 Å². The molecule has 0 saturated carbocycles. The number of carbonyl (C=O) groups is 1. The molecule has 4 heteroatoms. The average molecular weight is 270 g/mol. The fraction of sp³-hybridized carbons (Fsp3) is 0.250. The fourth-order valence-electron chi connectivity index (χ4n) is 1.79. The molecule has 1 amide bonds. The minimum atomic E-state index is -0.0637. The Morgan fingerprint density at radius 1 is 1.30 bits per heavy atom. The summed E-state index contributed by atoms with van der Waals surface area (Å²) in [5, 5.41) is 3.87. The summed E-state index contributed by atoms with van der Waals surface area (Å²) >= 11 is 0. The van der Waals surface area contributed by atoms with E-state index in [9.17, 15) is 4.79 Å². The second kappa shape index (κ2) is 6.19. The van der Waals surface area contributed by atoms with Gasteiger partial charge >= 0.3 is 0 Å². The molecule has 0 N–H and O–H groups in total. The van der Waals surface area contributed by atoms with E-state index in [2.05, 4.69) is 5.16 Å². The first-order valence-corrected chi connectivity index (χ1v) is 6.46. The average Bonchev–Trinajstić information content (AvgIpc) is 2.83. The number of nitrogens with zero attached hydrogens (tertiary/aromatic N) is 2. The van der Waals surface area contributed by atoms with Gasteiger partial charge in [-0.25, -0.2) is 0 Å². The third kappa shape index (κ3) is 3.82. The van der Waals surface area contributed by atoms with Crippen LogP contribution >= 0.6 is 0 Å². The van der Waals surface area contributed by atoms with Crippen LogP contribution in [-0.2, 0) is 11.3 Å². The molecular formula is C16H18N2O2. The standard InChI is InChI=1S/C16H18N2O2/c1-12-4-6-14(7-5-12)8-9-16(19)18(3)11-15-10-13(2)20-17-15/h4-10H,11H2,1-3H3. The Morgan fingerprint density at radius 2 is 2.00 bits per heavy atom. The lowest BCUT2D eigenvalue weighted by atomic mass is 10.1. The van der Waals surface area contributed by atoms with E-state index in [0.717, 1.165) is 17.0 Å². The molecule has 0 aliphatic carbocycles. The Hall–Kier alpha value is -2.36. The Labute approximate surface area is 118 Å². The zero-order valence-electron chi connectivity index (χ0n) is 12.0. The highest BCUT2D eigenvalue weighted by molar-refractivity contribution is 5.91. The number of hydrogen-bond donors (Lipinski definition) is 0. The highest BCUT2D eigenvalue weighted by Crippen LogP contribution is 2.07. The molecule has 1 heterocycles. The smallest absolute Gasteiger partial charge is 0.246 e. The number of benzene rings is 1. The number of rotatable bonds is 4. The molecule has 0 saturated heterocycles. The largest absolute Gasteiger partial charge is 0.361 e. The summed E-state index contributed by atoms with van der Waals surface area (Å²) < 4.78 is 4.98. The maximum atomic E-state index is 12.0. The number of aryl methyl sites for hydroxylation is 2. The van der Waals surface area contributed by atoms with E-state index in [4.69, 9.17) is 4.52 Å². The Kier molecular flexibility index (Phi) is 4.35. The highest BCUT2D eigenvalue weighted by atomic mass is 16.5. The fourth-order valence-corrected chi connectivity index (χ4v) is 1.79. The van der Waals surface area contributed by atoms with Gasteiger partial charge in [0.2, 0.25) is 5.91 Å². The van der Waals surface area contributed by atoms with E-state index >= 15 is 0 Å². The number of aromatic nitrogens is 1. The van der Waals surface area contributed by atoms with Crippen molar-refractivity contribution in [3.63, 3.8) is 0 Å².